The van der Waals surface area contributed by atoms with Gasteiger partial charge in [-0.25, -0.2) is 0 Å². The number of benzene rings is 2. The predicted octanol–water partition coefficient (Wildman–Crippen LogP) is 5.78. The third kappa shape index (κ3) is 3.67. The Labute approximate surface area is 140 Å². The Kier molecular flexibility index (Phi) is 4.56. The van der Waals surface area contributed by atoms with Gasteiger partial charge >= 0.3 is 0 Å². The number of rotatable bonds is 5. The molecule has 0 aliphatic heterocycles. The molecule has 0 amide bonds. The molecule has 0 aromatic heterocycles. The minimum atomic E-state index is 0.115. The third-order valence-corrected chi connectivity index (χ3v) is 4.47. The quantitative estimate of drug-likeness (QED) is 0.636. The SMILES string of the molecule is CC(C)(C)c1ccccc1OCCCC1=CCc2ccccc21. The maximum atomic E-state index is 6.08. The van der Waals surface area contributed by atoms with Crippen molar-refractivity contribution in [3.63, 3.8) is 0 Å². The van der Waals surface area contributed by atoms with Gasteiger partial charge in [0.25, 0.3) is 0 Å². The summed E-state index contributed by atoms with van der Waals surface area (Å²) in [7, 11) is 0. The van der Waals surface area contributed by atoms with E-state index in [9.17, 15) is 0 Å². The van der Waals surface area contributed by atoms with Gasteiger partial charge in [-0.05, 0) is 53.0 Å². The maximum absolute atomic E-state index is 6.08. The van der Waals surface area contributed by atoms with E-state index < -0.39 is 0 Å². The molecule has 0 saturated carbocycles. The molecule has 0 unspecified atom stereocenters. The van der Waals surface area contributed by atoms with E-state index in [0.717, 1.165) is 31.6 Å². The lowest BCUT2D eigenvalue weighted by Gasteiger charge is -2.22. The van der Waals surface area contributed by atoms with Crippen LogP contribution in [0.2, 0.25) is 0 Å². The summed E-state index contributed by atoms with van der Waals surface area (Å²) in [6.45, 7) is 7.47. The highest BCUT2D eigenvalue weighted by Gasteiger charge is 2.18. The average Bonchev–Trinajstić information content (AvgIpc) is 2.94. The highest BCUT2D eigenvalue weighted by atomic mass is 16.5. The van der Waals surface area contributed by atoms with E-state index >= 15 is 0 Å². The Hall–Kier alpha value is -2.02. The molecule has 2 aromatic rings. The summed E-state index contributed by atoms with van der Waals surface area (Å²) in [6, 6.07) is 17.1. The van der Waals surface area contributed by atoms with E-state index in [1.54, 1.807) is 0 Å². The summed E-state index contributed by atoms with van der Waals surface area (Å²) in [6.07, 6.45) is 5.60. The number of hydrogen-bond acceptors (Lipinski definition) is 1. The van der Waals surface area contributed by atoms with Crippen LogP contribution in [0.4, 0.5) is 0 Å². The van der Waals surface area contributed by atoms with Crippen LogP contribution >= 0.6 is 0 Å². The van der Waals surface area contributed by atoms with Crippen LogP contribution in [0.1, 0.15) is 50.3 Å². The third-order valence-electron chi connectivity index (χ3n) is 4.47. The zero-order valence-corrected chi connectivity index (χ0v) is 14.4. The minimum Gasteiger partial charge on any atom is -0.493 e. The lowest BCUT2D eigenvalue weighted by Crippen LogP contribution is -2.13. The lowest BCUT2D eigenvalue weighted by atomic mass is 9.86. The second-order valence-corrected chi connectivity index (χ2v) is 7.29. The zero-order valence-electron chi connectivity index (χ0n) is 14.4. The molecule has 1 heteroatoms. The molecule has 0 radical (unpaired) electrons. The fourth-order valence-electron chi connectivity index (χ4n) is 3.25. The summed E-state index contributed by atoms with van der Waals surface area (Å²) < 4.78 is 6.08. The number of hydrogen-bond donors (Lipinski definition) is 0. The molecular weight excluding hydrogens is 280 g/mol. The molecule has 0 N–H and O–H groups in total. The Bertz CT molecular complexity index is 704. The Morgan fingerprint density at radius 1 is 0.957 bits per heavy atom. The van der Waals surface area contributed by atoms with Gasteiger partial charge < -0.3 is 4.74 Å². The molecule has 0 bridgehead atoms. The molecule has 1 aliphatic rings. The van der Waals surface area contributed by atoms with Gasteiger partial charge in [-0.15, -0.1) is 0 Å². The van der Waals surface area contributed by atoms with Crippen molar-refractivity contribution in [2.24, 2.45) is 0 Å². The first kappa shape index (κ1) is 15.9. The smallest absolute Gasteiger partial charge is 0.123 e. The fraction of sp³-hybridized carbons (Fsp3) is 0.364. The van der Waals surface area contributed by atoms with E-state index in [2.05, 4.69) is 75.4 Å². The first-order chi connectivity index (χ1) is 11.1. The van der Waals surface area contributed by atoms with Gasteiger partial charge in [-0.1, -0.05) is 69.3 Å². The summed E-state index contributed by atoms with van der Waals surface area (Å²) in [5.41, 5.74) is 5.77. The normalized spacial score (nSPS) is 13.6. The van der Waals surface area contributed by atoms with Crippen LogP contribution in [0, 0.1) is 0 Å². The van der Waals surface area contributed by atoms with Crippen molar-refractivity contribution >= 4 is 5.57 Å². The molecule has 2 aromatic carbocycles. The van der Waals surface area contributed by atoms with Crippen molar-refractivity contribution in [1.82, 2.24) is 0 Å². The topological polar surface area (TPSA) is 9.23 Å². The second kappa shape index (κ2) is 6.62. The van der Waals surface area contributed by atoms with Crippen LogP contribution in [0.15, 0.2) is 54.6 Å². The molecule has 23 heavy (non-hydrogen) atoms. The van der Waals surface area contributed by atoms with Crippen LogP contribution in [0.3, 0.4) is 0 Å². The molecule has 0 heterocycles. The highest BCUT2D eigenvalue weighted by Crippen LogP contribution is 2.32. The van der Waals surface area contributed by atoms with E-state index in [4.69, 9.17) is 4.74 Å². The van der Waals surface area contributed by atoms with Crippen molar-refractivity contribution in [2.75, 3.05) is 6.61 Å². The molecule has 0 atom stereocenters. The van der Waals surface area contributed by atoms with Gasteiger partial charge in [0.1, 0.15) is 5.75 Å². The van der Waals surface area contributed by atoms with Crippen molar-refractivity contribution < 1.29 is 4.74 Å². The Balaban J connectivity index is 1.56. The van der Waals surface area contributed by atoms with Crippen LogP contribution in [-0.4, -0.2) is 6.61 Å². The molecule has 0 saturated heterocycles. The molecular formula is C22H26O. The molecule has 3 rings (SSSR count). The predicted molar refractivity (Wildman–Crippen MR) is 98.0 cm³/mol. The van der Waals surface area contributed by atoms with E-state index in [0.29, 0.717) is 0 Å². The standard InChI is InChI=1S/C22H26O/c1-22(2,3)20-12-6-7-13-21(20)23-16-8-10-18-15-14-17-9-4-5-11-19(17)18/h4-7,9,11-13,15H,8,10,14,16H2,1-3H3. The molecule has 1 aliphatic carbocycles. The van der Waals surface area contributed by atoms with Crippen LogP contribution < -0.4 is 4.74 Å². The van der Waals surface area contributed by atoms with E-state index in [1.807, 2.05) is 0 Å². The molecule has 0 fully saturated rings. The average molecular weight is 306 g/mol. The summed E-state index contributed by atoms with van der Waals surface area (Å²) >= 11 is 0. The van der Waals surface area contributed by atoms with Crippen molar-refractivity contribution in [3.05, 3.63) is 71.3 Å². The van der Waals surface area contributed by atoms with Crippen molar-refractivity contribution in [2.45, 2.75) is 45.4 Å². The van der Waals surface area contributed by atoms with Gasteiger partial charge in [0, 0.05) is 0 Å². The molecule has 1 nitrogen and oxygen atoms in total. The minimum absolute atomic E-state index is 0.115. The van der Waals surface area contributed by atoms with Crippen LogP contribution in [0.5, 0.6) is 5.75 Å². The Morgan fingerprint density at radius 2 is 1.70 bits per heavy atom. The molecule has 120 valence electrons. The van der Waals surface area contributed by atoms with Crippen LogP contribution in [-0.2, 0) is 11.8 Å². The first-order valence-corrected chi connectivity index (χ1v) is 8.55. The van der Waals surface area contributed by atoms with Gasteiger partial charge in [0.2, 0.25) is 0 Å². The largest absolute Gasteiger partial charge is 0.493 e. The van der Waals surface area contributed by atoms with E-state index in [-0.39, 0.29) is 5.41 Å². The lowest BCUT2D eigenvalue weighted by molar-refractivity contribution is 0.304. The number of ether oxygens (including phenoxy) is 1. The van der Waals surface area contributed by atoms with Crippen molar-refractivity contribution in [3.8, 4) is 5.75 Å². The second-order valence-electron chi connectivity index (χ2n) is 7.29. The molecule has 0 spiro atoms. The highest BCUT2D eigenvalue weighted by molar-refractivity contribution is 5.72. The maximum Gasteiger partial charge on any atom is 0.123 e. The first-order valence-electron chi connectivity index (χ1n) is 8.55. The monoisotopic (exact) mass is 306 g/mol. The van der Waals surface area contributed by atoms with Crippen LogP contribution in [0.25, 0.3) is 5.57 Å². The summed E-state index contributed by atoms with van der Waals surface area (Å²) in [4.78, 5) is 0. The van der Waals surface area contributed by atoms with E-state index in [1.165, 1.54) is 22.3 Å². The number of fused-ring (bicyclic) bond motifs is 1. The number of allylic oxidation sites excluding steroid dienone is 2. The van der Waals surface area contributed by atoms with Gasteiger partial charge in [0.15, 0.2) is 0 Å². The van der Waals surface area contributed by atoms with Crippen molar-refractivity contribution in [1.29, 1.82) is 0 Å². The summed E-state index contributed by atoms with van der Waals surface area (Å²) in [5.74, 6) is 1.03. The van der Waals surface area contributed by atoms with Gasteiger partial charge in [0.05, 0.1) is 6.61 Å². The fourth-order valence-corrected chi connectivity index (χ4v) is 3.25. The number of para-hydroxylation sites is 1. The Morgan fingerprint density at radius 3 is 2.52 bits per heavy atom. The van der Waals surface area contributed by atoms with Gasteiger partial charge in [-0.2, -0.15) is 0 Å². The van der Waals surface area contributed by atoms with Gasteiger partial charge in [-0.3, -0.25) is 0 Å². The summed E-state index contributed by atoms with van der Waals surface area (Å²) in [5, 5.41) is 0. The zero-order chi connectivity index (χ0) is 16.3.